The average molecular weight is 435 g/mol. The molecule has 5 nitrogen and oxygen atoms in total. The Morgan fingerprint density at radius 2 is 1.81 bits per heavy atom. The number of nitrogens with zero attached hydrogens (tertiary/aromatic N) is 1. The largest absolute Gasteiger partial charge is 0.480 e. The van der Waals surface area contributed by atoms with Crippen molar-refractivity contribution in [1.29, 1.82) is 0 Å². The van der Waals surface area contributed by atoms with Crippen LogP contribution < -0.4 is 5.73 Å². The number of nitrogens with two attached hydrogens (primary N) is 1. The van der Waals surface area contributed by atoms with E-state index < -0.39 is 12.0 Å². The van der Waals surface area contributed by atoms with Crippen LogP contribution >= 0.6 is 11.6 Å². The molecule has 0 aromatic heterocycles. The normalized spacial score (nSPS) is 18.2. The molecule has 1 heterocycles. The van der Waals surface area contributed by atoms with Gasteiger partial charge in [0, 0.05) is 16.3 Å². The van der Waals surface area contributed by atoms with Crippen LogP contribution in [0.1, 0.15) is 40.4 Å². The van der Waals surface area contributed by atoms with Crippen molar-refractivity contribution >= 4 is 29.2 Å². The zero-order chi connectivity index (χ0) is 22.1. The van der Waals surface area contributed by atoms with E-state index in [1.54, 1.807) is 12.1 Å². The van der Waals surface area contributed by atoms with Crippen molar-refractivity contribution in [1.82, 2.24) is 4.90 Å². The quantitative estimate of drug-likeness (QED) is 0.544. The van der Waals surface area contributed by atoms with E-state index in [4.69, 9.17) is 17.3 Å². The van der Waals surface area contributed by atoms with Gasteiger partial charge in [0.05, 0.1) is 6.04 Å². The van der Waals surface area contributed by atoms with Crippen molar-refractivity contribution in [3.05, 3.63) is 88.4 Å². The van der Waals surface area contributed by atoms with Crippen LogP contribution in [0.5, 0.6) is 0 Å². The lowest BCUT2D eigenvalue weighted by Crippen LogP contribution is -2.41. The van der Waals surface area contributed by atoms with Crippen LogP contribution in [0.2, 0.25) is 5.02 Å². The van der Waals surface area contributed by atoms with Crippen LogP contribution in [0.3, 0.4) is 0 Å². The van der Waals surface area contributed by atoms with Crippen LogP contribution in [-0.4, -0.2) is 27.9 Å². The zero-order valence-electron chi connectivity index (χ0n) is 17.1. The molecule has 0 radical (unpaired) electrons. The second-order valence-electron chi connectivity index (χ2n) is 7.84. The fraction of sp³-hybridized carbons (Fsp3) is 0.200. The Labute approximate surface area is 186 Å². The number of halogens is 1. The van der Waals surface area contributed by atoms with Gasteiger partial charge in [0.25, 0.3) is 5.91 Å². The first-order chi connectivity index (χ1) is 14.9. The number of hydrogen-bond donors (Lipinski definition) is 2. The highest BCUT2D eigenvalue weighted by Crippen LogP contribution is 2.40. The van der Waals surface area contributed by atoms with Gasteiger partial charge in [-0.15, -0.1) is 0 Å². The van der Waals surface area contributed by atoms with Gasteiger partial charge in [-0.2, -0.15) is 0 Å². The standard InChI is InChI=1S/C25H23ClN2O3/c1-15-13-17(9-10-19(15)16-5-4-6-18(27)14-16)24(29)28-22(11-12-23(28)25(30)31)20-7-2-3-8-21(20)26/h2-10,13-14,22-23H,11-12,27H2,1H3,(H,30,31)/t22-,23+/m1/s1. The van der Waals surface area contributed by atoms with Gasteiger partial charge in [-0.1, -0.05) is 48.0 Å². The average Bonchev–Trinajstić information content (AvgIpc) is 3.18. The number of carbonyl (C=O) groups is 2. The number of aryl methyl sites for hydroxylation is 1. The number of amides is 1. The number of anilines is 1. The van der Waals surface area contributed by atoms with Gasteiger partial charge < -0.3 is 15.7 Å². The van der Waals surface area contributed by atoms with Gasteiger partial charge in [-0.05, 0) is 72.4 Å². The molecule has 3 aromatic rings. The molecule has 1 amide bonds. The summed E-state index contributed by atoms with van der Waals surface area (Å²) in [7, 11) is 0. The highest BCUT2D eigenvalue weighted by Gasteiger charge is 2.42. The number of nitrogen functional groups attached to an aromatic ring is 1. The third kappa shape index (κ3) is 4.01. The van der Waals surface area contributed by atoms with E-state index in [1.807, 2.05) is 61.5 Å². The highest BCUT2D eigenvalue weighted by molar-refractivity contribution is 6.31. The van der Waals surface area contributed by atoms with E-state index in [-0.39, 0.29) is 11.9 Å². The Morgan fingerprint density at radius 1 is 1.03 bits per heavy atom. The van der Waals surface area contributed by atoms with Crippen molar-refractivity contribution in [3.8, 4) is 11.1 Å². The Morgan fingerprint density at radius 3 is 2.48 bits per heavy atom. The molecular formula is C25H23ClN2O3. The summed E-state index contributed by atoms with van der Waals surface area (Å²) in [6, 6.07) is 19.0. The SMILES string of the molecule is Cc1cc(C(=O)N2[C@@H](c3ccccc3Cl)CC[C@H]2C(=O)O)ccc1-c1cccc(N)c1. The van der Waals surface area contributed by atoms with Crippen molar-refractivity contribution in [2.45, 2.75) is 31.8 Å². The van der Waals surface area contributed by atoms with Crippen LogP contribution in [0.25, 0.3) is 11.1 Å². The number of carbonyl (C=O) groups excluding carboxylic acids is 1. The third-order valence-corrected chi connectivity index (χ3v) is 6.18. The number of hydrogen-bond acceptors (Lipinski definition) is 3. The van der Waals surface area contributed by atoms with E-state index in [0.717, 1.165) is 22.3 Å². The summed E-state index contributed by atoms with van der Waals surface area (Å²) in [6.07, 6.45) is 0.935. The molecule has 6 heteroatoms. The molecule has 158 valence electrons. The van der Waals surface area contributed by atoms with Gasteiger partial charge >= 0.3 is 5.97 Å². The third-order valence-electron chi connectivity index (χ3n) is 5.84. The van der Waals surface area contributed by atoms with Crippen molar-refractivity contribution in [3.63, 3.8) is 0 Å². The van der Waals surface area contributed by atoms with Crippen molar-refractivity contribution in [2.75, 3.05) is 5.73 Å². The van der Waals surface area contributed by atoms with Crippen molar-refractivity contribution < 1.29 is 14.7 Å². The molecule has 0 bridgehead atoms. The molecule has 0 aliphatic carbocycles. The molecule has 0 spiro atoms. The summed E-state index contributed by atoms with van der Waals surface area (Å²) in [6.45, 7) is 1.93. The second kappa shape index (κ2) is 8.44. The van der Waals surface area contributed by atoms with Gasteiger partial charge in [0.15, 0.2) is 0 Å². The van der Waals surface area contributed by atoms with E-state index in [0.29, 0.717) is 29.1 Å². The van der Waals surface area contributed by atoms with Crippen LogP contribution in [0.15, 0.2) is 66.7 Å². The molecular weight excluding hydrogens is 412 g/mol. The maximum atomic E-state index is 13.5. The number of carboxylic acid groups (broad SMARTS) is 1. The van der Waals surface area contributed by atoms with Crippen LogP contribution in [0.4, 0.5) is 5.69 Å². The molecule has 3 aromatic carbocycles. The lowest BCUT2D eigenvalue weighted by molar-refractivity contribution is -0.141. The summed E-state index contributed by atoms with van der Waals surface area (Å²) in [5, 5.41) is 10.3. The summed E-state index contributed by atoms with van der Waals surface area (Å²) in [5.74, 6) is -1.31. The Bertz CT molecular complexity index is 1160. The highest BCUT2D eigenvalue weighted by atomic mass is 35.5. The Kier molecular flexibility index (Phi) is 5.70. The maximum absolute atomic E-state index is 13.5. The number of likely N-dealkylation sites (tertiary alicyclic amines) is 1. The molecule has 4 rings (SSSR count). The summed E-state index contributed by atoms with van der Waals surface area (Å²) in [4.78, 5) is 26.9. The summed E-state index contributed by atoms with van der Waals surface area (Å²) >= 11 is 6.38. The number of rotatable bonds is 4. The van der Waals surface area contributed by atoms with Crippen molar-refractivity contribution in [2.24, 2.45) is 0 Å². The number of benzene rings is 3. The van der Waals surface area contributed by atoms with E-state index in [9.17, 15) is 14.7 Å². The first kappa shape index (κ1) is 20.9. The van der Waals surface area contributed by atoms with Gasteiger partial charge in [-0.3, -0.25) is 4.79 Å². The van der Waals surface area contributed by atoms with E-state index in [1.165, 1.54) is 4.90 Å². The minimum absolute atomic E-state index is 0.308. The topological polar surface area (TPSA) is 83.6 Å². The van der Waals surface area contributed by atoms with Crippen LogP contribution in [-0.2, 0) is 4.79 Å². The Hall–Kier alpha value is -3.31. The van der Waals surface area contributed by atoms with Crippen LogP contribution in [0, 0.1) is 6.92 Å². The predicted octanol–water partition coefficient (Wildman–Crippen LogP) is 5.33. The fourth-order valence-corrected chi connectivity index (χ4v) is 4.62. The summed E-state index contributed by atoms with van der Waals surface area (Å²) in [5.41, 5.74) is 10.7. The molecule has 1 aliphatic heterocycles. The molecule has 1 aliphatic rings. The fourth-order valence-electron chi connectivity index (χ4n) is 4.36. The Balaban J connectivity index is 1.71. The minimum atomic E-state index is -1.00. The molecule has 0 saturated carbocycles. The number of carboxylic acids is 1. The lowest BCUT2D eigenvalue weighted by Gasteiger charge is -2.29. The van der Waals surface area contributed by atoms with Gasteiger partial charge in [0.1, 0.15) is 6.04 Å². The van der Waals surface area contributed by atoms with E-state index in [2.05, 4.69) is 0 Å². The molecule has 0 unspecified atom stereocenters. The predicted molar refractivity (Wildman–Crippen MR) is 122 cm³/mol. The maximum Gasteiger partial charge on any atom is 0.326 e. The number of aliphatic carboxylic acids is 1. The lowest BCUT2D eigenvalue weighted by atomic mass is 9.97. The van der Waals surface area contributed by atoms with Gasteiger partial charge in [0.2, 0.25) is 0 Å². The van der Waals surface area contributed by atoms with Gasteiger partial charge in [-0.25, -0.2) is 4.79 Å². The monoisotopic (exact) mass is 434 g/mol. The molecule has 2 atom stereocenters. The zero-order valence-corrected chi connectivity index (χ0v) is 17.8. The molecule has 1 saturated heterocycles. The second-order valence-corrected chi connectivity index (χ2v) is 8.24. The first-order valence-electron chi connectivity index (χ1n) is 10.1. The van der Waals surface area contributed by atoms with E-state index >= 15 is 0 Å². The first-order valence-corrected chi connectivity index (χ1v) is 10.5. The summed E-state index contributed by atoms with van der Waals surface area (Å²) < 4.78 is 0. The smallest absolute Gasteiger partial charge is 0.326 e. The molecule has 31 heavy (non-hydrogen) atoms. The molecule has 3 N–H and O–H groups in total. The minimum Gasteiger partial charge on any atom is -0.480 e. The molecule has 1 fully saturated rings.